The lowest BCUT2D eigenvalue weighted by Crippen LogP contribution is -2.64. The number of piperidine rings is 2. The molecule has 0 atom stereocenters. The quantitative estimate of drug-likeness (QED) is 0.603. The molecule has 1 aromatic heterocycles. The number of rotatable bonds is 5. The number of aromatic nitrogens is 1. The van der Waals surface area contributed by atoms with Crippen molar-refractivity contribution in [1.29, 1.82) is 0 Å². The Morgan fingerprint density at radius 2 is 1.88 bits per heavy atom. The molecule has 0 spiro atoms. The van der Waals surface area contributed by atoms with E-state index in [1.54, 1.807) is 11.8 Å². The molecule has 0 bridgehead atoms. The Kier molecular flexibility index (Phi) is 7.77. The first-order chi connectivity index (χ1) is 15.6. The van der Waals surface area contributed by atoms with E-state index < -0.39 is 23.3 Å². The van der Waals surface area contributed by atoms with Gasteiger partial charge in [-0.2, -0.15) is 13.2 Å². The Balaban J connectivity index is 1.64. The molecule has 2 fully saturated rings. The lowest BCUT2D eigenvalue weighted by molar-refractivity contribution is -0.141. The van der Waals surface area contributed by atoms with Crippen LogP contribution in [-0.2, 0) is 15.7 Å². The summed E-state index contributed by atoms with van der Waals surface area (Å²) in [5, 5.41) is 8.86. The molecule has 0 aliphatic carbocycles. The average Bonchev–Trinajstić information content (AvgIpc) is 2.80. The van der Waals surface area contributed by atoms with E-state index in [-0.39, 0.29) is 23.6 Å². The predicted molar refractivity (Wildman–Crippen MR) is 111 cm³/mol. The number of carbonyl (C=O) groups is 3. The van der Waals surface area contributed by atoms with E-state index in [0.29, 0.717) is 58.5 Å². The van der Waals surface area contributed by atoms with Crippen molar-refractivity contribution in [2.75, 3.05) is 32.8 Å². The minimum atomic E-state index is -4.60. The molecular formula is C21H28F3N5O4. The first kappa shape index (κ1) is 24.7. The molecule has 0 saturated carbocycles. The molecule has 2 saturated heterocycles. The molecule has 0 radical (unpaired) electrons. The third-order valence-corrected chi connectivity index (χ3v) is 5.92. The molecule has 2 aliphatic rings. The molecule has 12 heteroatoms. The SMILES string of the molecule is CCOC(=O)N1CCC(NC(=O)C2(NC(=O)c3ccc(C(F)(F)F)nc3)CCNCC2)CC1. The third-order valence-electron chi connectivity index (χ3n) is 5.92. The van der Waals surface area contributed by atoms with E-state index in [9.17, 15) is 27.6 Å². The van der Waals surface area contributed by atoms with Gasteiger partial charge in [-0.1, -0.05) is 0 Å². The fourth-order valence-electron chi connectivity index (χ4n) is 3.99. The second-order valence-electron chi connectivity index (χ2n) is 8.15. The summed E-state index contributed by atoms with van der Waals surface area (Å²) in [6.45, 7) is 3.92. The van der Waals surface area contributed by atoms with Crippen LogP contribution in [0.5, 0.6) is 0 Å². The average molecular weight is 471 g/mol. The van der Waals surface area contributed by atoms with Crippen molar-refractivity contribution in [2.24, 2.45) is 0 Å². The molecule has 0 unspecified atom stereocenters. The number of amides is 3. The minimum absolute atomic E-state index is 0.0588. The predicted octanol–water partition coefficient (Wildman–Crippen LogP) is 1.69. The Hall–Kier alpha value is -2.89. The van der Waals surface area contributed by atoms with Crippen molar-refractivity contribution in [2.45, 2.75) is 50.4 Å². The van der Waals surface area contributed by atoms with Crippen LogP contribution in [0.25, 0.3) is 0 Å². The zero-order chi connectivity index (χ0) is 24.1. The summed E-state index contributed by atoms with van der Waals surface area (Å²) >= 11 is 0. The van der Waals surface area contributed by atoms with Crippen LogP contribution in [0, 0.1) is 0 Å². The number of nitrogens with one attached hydrogen (secondary N) is 3. The molecule has 3 N–H and O–H groups in total. The largest absolute Gasteiger partial charge is 0.450 e. The van der Waals surface area contributed by atoms with Crippen LogP contribution in [0.3, 0.4) is 0 Å². The highest BCUT2D eigenvalue weighted by atomic mass is 19.4. The van der Waals surface area contributed by atoms with Gasteiger partial charge in [0.05, 0.1) is 12.2 Å². The van der Waals surface area contributed by atoms with Gasteiger partial charge in [-0.25, -0.2) is 4.79 Å². The van der Waals surface area contributed by atoms with Gasteiger partial charge in [-0.05, 0) is 57.8 Å². The molecule has 2 aliphatic heterocycles. The number of likely N-dealkylation sites (tertiary alicyclic amines) is 1. The van der Waals surface area contributed by atoms with Gasteiger partial charge in [0.15, 0.2) is 0 Å². The monoisotopic (exact) mass is 471 g/mol. The number of hydrogen-bond acceptors (Lipinski definition) is 6. The van der Waals surface area contributed by atoms with Crippen molar-refractivity contribution in [3.63, 3.8) is 0 Å². The van der Waals surface area contributed by atoms with Crippen LogP contribution in [0.4, 0.5) is 18.0 Å². The molecule has 0 aromatic carbocycles. The van der Waals surface area contributed by atoms with Gasteiger partial charge in [-0.3, -0.25) is 14.6 Å². The first-order valence-electron chi connectivity index (χ1n) is 10.9. The zero-order valence-electron chi connectivity index (χ0n) is 18.3. The lowest BCUT2D eigenvalue weighted by Gasteiger charge is -2.39. The van der Waals surface area contributed by atoms with E-state index in [2.05, 4.69) is 20.9 Å². The second-order valence-corrected chi connectivity index (χ2v) is 8.15. The highest BCUT2D eigenvalue weighted by Crippen LogP contribution is 2.27. The van der Waals surface area contributed by atoms with Gasteiger partial charge < -0.3 is 25.6 Å². The molecule has 1 aromatic rings. The summed E-state index contributed by atoms with van der Waals surface area (Å²) in [6.07, 6.45) is -2.36. The van der Waals surface area contributed by atoms with Gasteiger partial charge >= 0.3 is 12.3 Å². The maximum atomic E-state index is 13.2. The van der Waals surface area contributed by atoms with E-state index >= 15 is 0 Å². The van der Waals surface area contributed by atoms with Crippen LogP contribution < -0.4 is 16.0 Å². The standard InChI is InChI=1S/C21H28F3N5O4/c1-2-33-19(32)29-11-5-15(6-12-29)27-18(31)20(7-9-25-10-8-20)28-17(30)14-3-4-16(26-13-14)21(22,23)24/h3-4,13,15,25H,2,5-12H2,1H3,(H,27,31)(H,28,30). The molecular weight excluding hydrogens is 443 g/mol. The maximum Gasteiger partial charge on any atom is 0.433 e. The molecule has 3 amide bonds. The van der Waals surface area contributed by atoms with Crippen LogP contribution in [-0.4, -0.2) is 72.2 Å². The number of ether oxygens (including phenoxy) is 1. The Morgan fingerprint density at radius 3 is 2.42 bits per heavy atom. The number of hydrogen-bond donors (Lipinski definition) is 3. The van der Waals surface area contributed by atoms with Crippen LogP contribution in [0.1, 0.15) is 48.7 Å². The Morgan fingerprint density at radius 1 is 1.21 bits per heavy atom. The number of pyridine rings is 1. The van der Waals surface area contributed by atoms with E-state index in [1.807, 2.05) is 0 Å². The highest BCUT2D eigenvalue weighted by Gasteiger charge is 2.42. The summed E-state index contributed by atoms with van der Waals surface area (Å²) in [4.78, 5) is 42.8. The number of halogens is 3. The van der Waals surface area contributed by atoms with E-state index in [1.165, 1.54) is 0 Å². The van der Waals surface area contributed by atoms with E-state index in [0.717, 1.165) is 18.3 Å². The minimum Gasteiger partial charge on any atom is -0.450 e. The maximum absolute atomic E-state index is 13.2. The molecule has 33 heavy (non-hydrogen) atoms. The van der Waals surface area contributed by atoms with Crippen LogP contribution >= 0.6 is 0 Å². The lowest BCUT2D eigenvalue weighted by atomic mass is 9.86. The van der Waals surface area contributed by atoms with Crippen molar-refractivity contribution in [3.8, 4) is 0 Å². The smallest absolute Gasteiger partial charge is 0.433 e. The fourth-order valence-corrected chi connectivity index (χ4v) is 3.99. The van der Waals surface area contributed by atoms with Gasteiger partial charge in [0, 0.05) is 25.3 Å². The van der Waals surface area contributed by atoms with Crippen molar-refractivity contribution < 1.29 is 32.3 Å². The summed E-state index contributed by atoms with van der Waals surface area (Å²) in [7, 11) is 0. The van der Waals surface area contributed by atoms with Crippen molar-refractivity contribution in [1.82, 2.24) is 25.8 Å². The summed E-state index contributed by atoms with van der Waals surface area (Å²) in [5.41, 5.74) is -2.34. The molecule has 3 rings (SSSR count). The topological polar surface area (TPSA) is 113 Å². The number of nitrogens with zero attached hydrogens (tertiary/aromatic N) is 2. The fraction of sp³-hybridized carbons (Fsp3) is 0.619. The normalized spacial score (nSPS) is 19.0. The molecule has 9 nitrogen and oxygen atoms in total. The number of alkyl halides is 3. The van der Waals surface area contributed by atoms with Gasteiger partial charge in [0.2, 0.25) is 5.91 Å². The summed E-state index contributed by atoms with van der Waals surface area (Å²) in [5.74, 6) is -1.00. The van der Waals surface area contributed by atoms with Gasteiger partial charge in [0.25, 0.3) is 5.91 Å². The number of carbonyl (C=O) groups excluding carboxylic acids is 3. The Bertz CT molecular complexity index is 848. The van der Waals surface area contributed by atoms with Crippen LogP contribution in [0.2, 0.25) is 0 Å². The molecule has 182 valence electrons. The van der Waals surface area contributed by atoms with Crippen molar-refractivity contribution >= 4 is 17.9 Å². The van der Waals surface area contributed by atoms with Gasteiger partial charge in [-0.15, -0.1) is 0 Å². The highest BCUT2D eigenvalue weighted by molar-refractivity contribution is 5.99. The first-order valence-corrected chi connectivity index (χ1v) is 10.9. The van der Waals surface area contributed by atoms with Gasteiger partial charge in [0.1, 0.15) is 11.2 Å². The third kappa shape index (κ3) is 6.12. The zero-order valence-corrected chi connectivity index (χ0v) is 18.3. The molecule has 3 heterocycles. The summed E-state index contributed by atoms with van der Waals surface area (Å²) < 4.78 is 43.2. The van der Waals surface area contributed by atoms with Crippen LogP contribution in [0.15, 0.2) is 18.3 Å². The van der Waals surface area contributed by atoms with E-state index in [4.69, 9.17) is 4.74 Å². The second kappa shape index (κ2) is 10.4. The van der Waals surface area contributed by atoms with Crippen molar-refractivity contribution in [3.05, 3.63) is 29.6 Å². The summed E-state index contributed by atoms with van der Waals surface area (Å²) in [6, 6.07) is 1.62. The Labute approximate surface area is 189 Å².